The van der Waals surface area contributed by atoms with Gasteiger partial charge in [-0.2, -0.15) is 4.31 Å². The summed E-state index contributed by atoms with van der Waals surface area (Å²) in [6, 6.07) is 8.91. The van der Waals surface area contributed by atoms with Crippen molar-refractivity contribution < 1.29 is 17.9 Å². The predicted octanol–water partition coefficient (Wildman–Crippen LogP) is 5.19. The molecule has 0 bridgehead atoms. The molecule has 1 amide bonds. The zero-order valence-corrected chi connectivity index (χ0v) is 24.6. The van der Waals surface area contributed by atoms with Crippen LogP contribution < -0.4 is 9.64 Å². The van der Waals surface area contributed by atoms with E-state index >= 15 is 0 Å². The van der Waals surface area contributed by atoms with Crippen LogP contribution in [0.15, 0.2) is 34.5 Å². The van der Waals surface area contributed by atoms with Gasteiger partial charge in [0.05, 0.1) is 21.6 Å². The zero-order valence-electron chi connectivity index (χ0n) is 21.4. The molecule has 12 heteroatoms. The van der Waals surface area contributed by atoms with Gasteiger partial charge in [0.25, 0.3) is 10.0 Å². The van der Waals surface area contributed by atoms with E-state index in [0.717, 1.165) is 34.6 Å². The van der Waals surface area contributed by atoms with E-state index in [9.17, 15) is 13.2 Å². The lowest BCUT2D eigenvalue weighted by Crippen LogP contribution is -2.48. The number of ether oxygens (including phenoxy) is 1. The summed E-state index contributed by atoms with van der Waals surface area (Å²) in [4.78, 5) is 22.8. The van der Waals surface area contributed by atoms with Gasteiger partial charge in [-0.25, -0.2) is 13.4 Å². The number of nitrogens with zero attached hydrogens (tertiary/aromatic N) is 4. The number of para-hydroxylation sites is 1. The number of thiophene rings is 1. The lowest BCUT2D eigenvalue weighted by molar-refractivity contribution is -0.123. The van der Waals surface area contributed by atoms with E-state index in [2.05, 4.69) is 18.7 Å². The molecule has 0 N–H and O–H groups in total. The zero-order chi connectivity index (χ0) is 26.6. The molecule has 4 rings (SSSR count). The third kappa shape index (κ3) is 6.29. The van der Waals surface area contributed by atoms with Crippen LogP contribution in [0.5, 0.6) is 5.75 Å². The Hall–Kier alpha value is -1.76. The lowest BCUT2D eigenvalue weighted by atomic mass is 9.98. The minimum Gasteiger partial charge on any atom is -0.492 e. The summed E-state index contributed by atoms with van der Waals surface area (Å²) in [6.07, 6.45) is 1.25. The quantitative estimate of drug-likeness (QED) is 0.309. The molecule has 3 heterocycles. The fourth-order valence-corrected chi connectivity index (χ4v) is 8.70. The van der Waals surface area contributed by atoms with Crippen molar-refractivity contribution in [3.63, 3.8) is 0 Å². The minimum atomic E-state index is -3.71. The van der Waals surface area contributed by atoms with Crippen LogP contribution in [0.25, 0.3) is 10.2 Å². The molecular weight excluding hydrogens is 552 g/mol. The first-order valence-electron chi connectivity index (χ1n) is 12.6. The number of likely N-dealkylation sites (N-methyl/N-ethyl adjacent to an activating group) is 1. The first-order chi connectivity index (χ1) is 17.8. The molecule has 1 atom stereocenters. The van der Waals surface area contributed by atoms with Crippen molar-refractivity contribution in [3.05, 3.63) is 34.7 Å². The number of aromatic nitrogens is 1. The van der Waals surface area contributed by atoms with Crippen LogP contribution in [0.3, 0.4) is 0 Å². The number of rotatable bonds is 11. The normalized spacial score (nSPS) is 16.9. The van der Waals surface area contributed by atoms with Crippen LogP contribution in [-0.2, 0) is 14.8 Å². The molecule has 1 saturated heterocycles. The van der Waals surface area contributed by atoms with Gasteiger partial charge in [0.2, 0.25) is 5.91 Å². The minimum absolute atomic E-state index is 0.0896. The van der Waals surface area contributed by atoms with Gasteiger partial charge in [-0.3, -0.25) is 9.69 Å². The Morgan fingerprint density at radius 1 is 1.16 bits per heavy atom. The Balaban J connectivity index is 1.62. The van der Waals surface area contributed by atoms with Gasteiger partial charge in [-0.1, -0.05) is 42.9 Å². The van der Waals surface area contributed by atoms with E-state index in [1.54, 1.807) is 11.0 Å². The van der Waals surface area contributed by atoms with Crippen molar-refractivity contribution in [2.24, 2.45) is 5.92 Å². The monoisotopic (exact) mass is 584 g/mol. The number of halogens is 1. The number of sulfonamides is 1. The van der Waals surface area contributed by atoms with Gasteiger partial charge in [0.1, 0.15) is 15.5 Å². The summed E-state index contributed by atoms with van der Waals surface area (Å²) in [6.45, 7) is 10.1. The molecule has 0 saturated carbocycles. The Morgan fingerprint density at radius 2 is 1.95 bits per heavy atom. The molecule has 202 valence electrons. The van der Waals surface area contributed by atoms with Crippen molar-refractivity contribution >= 4 is 65.6 Å². The number of carbonyl (C=O) groups excluding carboxylic acids is 1. The number of thiazole rings is 1. The highest BCUT2D eigenvalue weighted by Gasteiger charge is 2.37. The number of carbonyl (C=O) groups is 1. The van der Waals surface area contributed by atoms with Crippen molar-refractivity contribution in [3.8, 4) is 5.75 Å². The smallest absolute Gasteiger partial charge is 0.252 e. The predicted molar refractivity (Wildman–Crippen MR) is 152 cm³/mol. The van der Waals surface area contributed by atoms with E-state index in [1.165, 1.54) is 21.7 Å². The second-order valence-electron chi connectivity index (χ2n) is 8.81. The summed E-state index contributed by atoms with van der Waals surface area (Å²) >= 11 is 8.50. The maximum Gasteiger partial charge on any atom is 0.252 e. The Bertz CT molecular complexity index is 1320. The molecule has 1 aliphatic rings. The highest BCUT2D eigenvalue weighted by molar-refractivity contribution is 7.91. The Kier molecular flexibility index (Phi) is 9.47. The van der Waals surface area contributed by atoms with Crippen molar-refractivity contribution in [1.29, 1.82) is 0 Å². The van der Waals surface area contributed by atoms with Gasteiger partial charge >= 0.3 is 0 Å². The fourth-order valence-electron chi connectivity index (χ4n) is 4.53. The van der Waals surface area contributed by atoms with E-state index < -0.39 is 15.9 Å². The molecular formula is C25H33ClN4O4S3. The number of hydrogen-bond acceptors (Lipinski definition) is 8. The third-order valence-electron chi connectivity index (χ3n) is 6.58. The van der Waals surface area contributed by atoms with Crippen molar-refractivity contribution in [2.75, 3.05) is 50.8 Å². The summed E-state index contributed by atoms with van der Waals surface area (Å²) in [5, 5.41) is 0.615. The van der Waals surface area contributed by atoms with E-state index in [0.29, 0.717) is 54.3 Å². The van der Waals surface area contributed by atoms with Crippen LogP contribution in [0, 0.1) is 5.92 Å². The molecule has 1 unspecified atom stereocenters. The van der Waals surface area contributed by atoms with Gasteiger partial charge in [0, 0.05) is 26.2 Å². The van der Waals surface area contributed by atoms with Crippen molar-refractivity contribution in [2.45, 2.75) is 37.8 Å². The van der Waals surface area contributed by atoms with Crippen LogP contribution in [-0.4, -0.2) is 74.4 Å². The molecule has 1 aromatic carbocycles. The van der Waals surface area contributed by atoms with Crippen LogP contribution >= 0.6 is 34.3 Å². The largest absolute Gasteiger partial charge is 0.492 e. The van der Waals surface area contributed by atoms with Gasteiger partial charge in [0.15, 0.2) is 5.13 Å². The maximum atomic E-state index is 14.0. The SMILES string of the molecule is CCOc1cccc2sc(N(CCN(CC)CC)C(=O)C3CCCN(S(=O)(=O)c4ccc(Cl)s4)C3)nc12. The van der Waals surface area contributed by atoms with Gasteiger partial charge < -0.3 is 9.64 Å². The topological polar surface area (TPSA) is 83.0 Å². The Morgan fingerprint density at radius 3 is 2.62 bits per heavy atom. The van der Waals surface area contributed by atoms with Crippen LogP contribution in [0.2, 0.25) is 4.34 Å². The summed E-state index contributed by atoms with van der Waals surface area (Å²) in [5.41, 5.74) is 0.743. The van der Waals surface area contributed by atoms with E-state index in [4.69, 9.17) is 21.3 Å². The summed E-state index contributed by atoms with van der Waals surface area (Å²) in [7, 11) is -3.71. The molecule has 0 radical (unpaired) electrons. The average molecular weight is 585 g/mol. The number of fused-ring (bicyclic) bond motifs is 1. The highest BCUT2D eigenvalue weighted by atomic mass is 35.5. The van der Waals surface area contributed by atoms with Gasteiger partial charge in [-0.15, -0.1) is 11.3 Å². The molecule has 0 spiro atoms. The summed E-state index contributed by atoms with van der Waals surface area (Å²) in [5.74, 6) is 0.158. The summed E-state index contributed by atoms with van der Waals surface area (Å²) < 4.78 is 35.3. The maximum absolute atomic E-state index is 14.0. The molecule has 8 nitrogen and oxygen atoms in total. The van der Waals surface area contributed by atoms with Gasteiger partial charge in [-0.05, 0) is 57.1 Å². The molecule has 0 aliphatic carbocycles. The van der Waals surface area contributed by atoms with Crippen LogP contribution in [0.1, 0.15) is 33.6 Å². The first kappa shape index (κ1) is 28.3. The lowest BCUT2D eigenvalue weighted by Gasteiger charge is -2.34. The third-order valence-corrected chi connectivity index (χ3v) is 11.2. The highest BCUT2D eigenvalue weighted by Crippen LogP contribution is 2.36. The molecule has 1 aliphatic heterocycles. The van der Waals surface area contributed by atoms with Crippen LogP contribution in [0.4, 0.5) is 5.13 Å². The second-order valence-corrected chi connectivity index (χ2v) is 13.7. The number of amides is 1. The fraction of sp³-hybridized carbons (Fsp3) is 0.520. The number of hydrogen-bond donors (Lipinski definition) is 0. The average Bonchev–Trinajstić information content (AvgIpc) is 3.54. The second kappa shape index (κ2) is 12.4. The number of piperidine rings is 1. The standard InChI is InChI=1S/C25H33ClN4O4S3/c1-4-28(5-2)15-16-30(25-27-23-19(34-6-3)10-7-11-20(23)35-25)24(31)18-9-8-14-29(17-18)37(32,33)22-13-12-21(26)36-22/h7,10-13,18H,4-6,8-9,14-17H2,1-3H3. The molecule has 2 aromatic heterocycles. The van der Waals surface area contributed by atoms with E-state index in [1.807, 2.05) is 25.1 Å². The molecule has 37 heavy (non-hydrogen) atoms. The number of anilines is 1. The number of benzene rings is 1. The molecule has 1 fully saturated rings. The molecule has 3 aromatic rings. The Labute approximate surface area is 231 Å². The van der Waals surface area contributed by atoms with E-state index in [-0.39, 0.29) is 16.7 Å². The first-order valence-corrected chi connectivity index (χ1v) is 16.0. The van der Waals surface area contributed by atoms with Crippen molar-refractivity contribution in [1.82, 2.24) is 14.2 Å².